The third-order valence-electron chi connectivity index (χ3n) is 2.53. The van der Waals surface area contributed by atoms with Crippen LogP contribution in [0.15, 0.2) is 29.6 Å². The fourth-order valence-electron chi connectivity index (χ4n) is 1.70. The molecule has 0 fully saturated rings. The zero-order chi connectivity index (χ0) is 13.1. The molecule has 0 aliphatic heterocycles. The monoisotopic (exact) mass is 263 g/mol. The summed E-state index contributed by atoms with van der Waals surface area (Å²) in [5.74, 6) is 0. The minimum absolute atomic E-state index is 0.119. The lowest BCUT2D eigenvalue weighted by Gasteiger charge is -2.17. The van der Waals surface area contributed by atoms with E-state index in [-0.39, 0.29) is 10.6 Å². The Morgan fingerprint density at radius 3 is 2.78 bits per heavy atom. The van der Waals surface area contributed by atoms with E-state index in [1.54, 1.807) is 29.5 Å². The quantitative estimate of drug-likeness (QED) is 0.628. The Morgan fingerprint density at radius 1 is 1.44 bits per heavy atom. The van der Waals surface area contributed by atoms with Gasteiger partial charge in [0.25, 0.3) is 5.69 Å². The summed E-state index contributed by atoms with van der Waals surface area (Å²) < 4.78 is 0. The van der Waals surface area contributed by atoms with Gasteiger partial charge >= 0.3 is 0 Å². The highest BCUT2D eigenvalue weighted by atomic mass is 32.1. The van der Waals surface area contributed by atoms with E-state index in [4.69, 9.17) is 0 Å². The van der Waals surface area contributed by atoms with Crippen LogP contribution in [0.3, 0.4) is 0 Å². The Labute approximate surface area is 109 Å². The summed E-state index contributed by atoms with van der Waals surface area (Å²) in [6.45, 7) is 2.51. The first-order chi connectivity index (χ1) is 8.58. The van der Waals surface area contributed by atoms with Gasteiger partial charge in [0, 0.05) is 24.2 Å². The lowest BCUT2D eigenvalue weighted by molar-refractivity contribution is -0.384. The summed E-state index contributed by atoms with van der Waals surface area (Å²) >= 11 is 1.56. The van der Waals surface area contributed by atoms with E-state index in [1.807, 2.05) is 24.3 Å². The van der Waals surface area contributed by atoms with Crippen LogP contribution in [0.5, 0.6) is 0 Å². The van der Waals surface area contributed by atoms with Gasteiger partial charge in [-0.1, -0.05) is 12.1 Å². The molecule has 1 aromatic heterocycles. The highest BCUT2D eigenvalue weighted by Gasteiger charge is 2.16. The van der Waals surface area contributed by atoms with Crippen LogP contribution in [0.4, 0.5) is 11.4 Å². The van der Waals surface area contributed by atoms with E-state index in [2.05, 4.69) is 4.98 Å². The second-order valence-electron chi connectivity index (χ2n) is 3.98. The molecule has 0 saturated heterocycles. The van der Waals surface area contributed by atoms with Gasteiger partial charge in [0.2, 0.25) is 0 Å². The van der Waals surface area contributed by atoms with Gasteiger partial charge < -0.3 is 4.90 Å². The number of benzene rings is 1. The lowest BCUT2D eigenvalue weighted by Crippen LogP contribution is -2.17. The summed E-state index contributed by atoms with van der Waals surface area (Å²) in [4.78, 5) is 16.8. The number of nitrogens with zero attached hydrogens (tertiary/aromatic N) is 3. The second-order valence-corrected chi connectivity index (χ2v) is 4.93. The van der Waals surface area contributed by atoms with Crippen molar-refractivity contribution >= 4 is 22.7 Å². The second kappa shape index (κ2) is 5.14. The molecule has 0 aliphatic carbocycles. The first kappa shape index (κ1) is 12.5. The Kier molecular flexibility index (Phi) is 3.57. The zero-order valence-electron chi connectivity index (χ0n) is 10.2. The smallest absolute Gasteiger partial charge is 0.292 e. The number of nitro groups is 1. The van der Waals surface area contributed by atoms with Gasteiger partial charge in [-0.05, 0) is 13.0 Å². The van der Waals surface area contributed by atoms with Gasteiger partial charge in [-0.15, -0.1) is 11.3 Å². The average Bonchev–Trinajstić information content (AvgIpc) is 2.74. The molecule has 2 aromatic rings. The van der Waals surface area contributed by atoms with Crippen molar-refractivity contribution in [3.05, 3.63) is 50.5 Å². The van der Waals surface area contributed by atoms with Crippen LogP contribution in [0.25, 0.3) is 0 Å². The molecule has 0 saturated carbocycles. The summed E-state index contributed by atoms with van der Waals surface area (Å²) in [5, 5.41) is 13.9. The molecule has 0 radical (unpaired) electrons. The summed E-state index contributed by atoms with van der Waals surface area (Å²) in [6, 6.07) is 6.73. The van der Waals surface area contributed by atoms with Crippen LogP contribution in [0, 0.1) is 17.0 Å². The molecular weight excluding hydrogens is 250 g/mol. The molecule has 0 unspecified atom stereocenters. The minimum atomic E-state index is -0.362. The molecule has 5 nitrogen and oxygen atoms in total. The number of aromatic nitrogens is 1. The van der Waals surface area contributed by atoms with E-state index in [0.717, 1.165) is 10.7 Å². The van der Waals surface area contributed by atoms with Crippen molar-refractivity contribution in [3.8, 4) is 0 Å². The van der Waals surface area contributed by atoms with Crippen LogP contribution in [-0.4, -0.2) is 17.0 Å². The van der Waals surface area contributed by atoms with Gasteiger partial charge in [-0.2, -0.15) is 0 Å². The SMILES string of the molecule is Cc1csc(CN(C)c2ccccc2[N+](=O)[O-])n1. The van der Waals surface area contributed by atoms with Gasteiger partial charge in [-0.25, -0.2) is 4.98 Å². The molecule has 2 rings (SSSR count). The fourth-order valence-corrected chi connectivity index (χ4v) is 2.53. The average molecular weight is 263 g/mol. The fraction of sp³-hybridized carbons (Fsp3) is 0.250. The topological polar surface area (TPSA) is 59.3 Å². The standard InChI is InChI=1S/C12H13N3O2S/c1-9-8-18-12(13-9)7-14(2)10-5-3-4-6-11(10)15(16)17/h3-6,8H,7H2,1-2H3. The highest BCUT2D eigenvalue weighted by Crippen LogP contribution is 2.27. The zero-order valence-corrected chi connectivity index (χ0v) is 11.0. The number of thiazole rings is 1. The van der Waals surface area contributed by atoms with Gasteiger partial charge in [-0.3, -0.25) is 10.1 Å². The molecule has 94 valence electrons. The number of para-hydroxylation sites is 2. The van der Waals surface area contributed by atoms with Crippen LogP contribution < -0.4 is 4.90 Å². The molecule has 0 N–H and O–H groups in total. The highest BCUT2D eigenvalue weighted by molar-refractivity contribution is 7.09. The number of aryl methyl sites for hydroxylation is 1. The lowest BCUT2D eigenvalue weighted by atomic mass is 10.2. The molecular formula is C12H13N3O2S. The van der Waals surface area contributed by atoms with Gasteiger partial charge in [0.15, 0.2) is 0 Å². The first-order valence-electron chi connectivity index (χ1n) is 5.43. The predicted molar refractivity (Wildman–Crippen MR) is 72.1 cm³/mol. The van der Waals surface area contributed by atoms with E-state index < -0.39 is 0 Å². The molecule has 0 atom stereocenters. The van der Waals surface area contributed by atoms with Crippen molar-refractivity contribution in [2.75, 3.05) is 11.9 Å². The van der Waals surface area contributed by atoms with Crippen molar-refractivity contribution in [1.82, 2.24) is 4.98 Å². The molecule has 0 spiro atoms. The van der Waals surface area contributed by atoms with Crippen molar-refractivity contribution < 1.29 is 4.92 Å². The molecule has 0 amide bonds. The number of hydrogen-bond acceptors (Lipinski definition) is 5. The van der Waals surface area contributed by atoms with Crippen LogP contribution in [0.1, 0.15) is 10.7 Å². The maximum absolute atomic E-state index is 10.9. The molecule has 1 aromatic carbocycles. The molecule has 6 heteroatoms. The summed E-state index contributed by atoms with van der Waals surface area (Å²) in [6.07, 6.45) is 0. The predicted octanol–water partition coefficient (Wildman–Crippen LogP) is 3.00. The molecule has 18 heavy (non-hydrogen) atoms. The number of rotatable bonds is 4. The Hall–Kier alpha value is -1.95. The maximum atomic E-state index is 10.9. The van der Waals surface area contributed by atoms with E-state index >= 15 is 0 Å². The van der Waals surface area contributed by atoms with Crippen molar-refractivity contribution in [2.45, 2.75) is 13.5 Å². The normalized spacial score (nSPS) is 10.3. The summed E-state index contributed by atoms with van der Waals surface area (Å²) in [7, 11) is 1.83. The third kappa shape index (κ3) is 2.65. The van der Waals surface area contributed by atoms with Crippen molar-refractivity contribution in [1.29, 1.82) is 0 Å². The minimum Gasteiger partial charge on any atom is -0.362 e. The van der Waals surface area contributed by atoms with Crippen molar-refractivity contribution in [2.24, 2.45) is 0 Å². The van der Waals surface area contributed by atoms with E-state index in [1.165, 1.54) is 6.07 Å². The number of nitro benzene ring substituents is 1. The largest absolute Gasteiger partial charge is 0.362 e. The van der Waals surface area contributed by atoms with Gasteiger partial charge in [0.05, 0.1) is 11.5 Å². The maximum Gasteiger partial charge on any atom is 0.292 e. The third-order valence-corrected chi connectivity index (χ3v) is 3.48. The molecule has 1 heterocycles. The number of anilines is 1. The van der Waals surface area contributed by atoms with Crippen LogP contribution >= 0.6 is 11.3 Å². The van der Waals surface area contributed by atoms with Crippen LogP contribution in [-0.2, 0) is 6.54 Å². The Balaban J connectivity index is 2.23. The van der Waals surface area contributed by atoms with E-state index in [0.29, 0.717) is 12.2 Å². The van der Waals surface area contributed by atoms with Crippen LogP contribution in [0.2, 0.25) is 0 Å². The van der Waals surface area contributed by atoms with Crippen molar-refractivity contribution in [3.63, 3.8) is 0 Å². The Morgan fingerprint density at radius 2 is 2.17 bits per heavy atom. The van der Waals surface area contributed by atoms with E-state index in [9.17, 15) is 10.1 Å². The molecule has 0 aliphatic rings. The number of hydrogen-bond donors (Lipinski definition) is 0. The van der Waals surface area contributed by atoms with Gasteiger partial charge in [0.1, 0.15) is 10.7 Å². The Bertz CT molecular complexity index is 568. The first-order valence-corrected chi connectivity index (χ1v) is 6.31. The summed E-state index contributed by atoms with van der Waals surface area (Å²) in [5.41, 5.74) is 1.70. The molecule has 0 bridgehead atoms.